The van der Waals surface area contributed by atoms with Crippen molar-refractivity contribution in [3.8, 4) is 0 Å². The van der Waals surface area contributed by atoms with Crippen LogP contribution in [0.5, 0.6) is 0 Å². The molecule has 0 aromatic heterocycles. The second-order valence-corrected chi connectivity index (χ2v) is 10.8. The fraction of sp³-hybridized carbons (Fsp3) is 0.630. The molecule has 35 heavy (non-hydrogen) atoms. The van der Waals surface area contributed by atoms with E-state index in [0.717, 1.165) is 61.1 Å². The number of carbonyl (C=O) groups is 3. The van der Waals surface area contributed by atoms with Gasteiger partial charge < -0.3 is 21.1 Å². The van der Waals surface area contributed by atoms with Crippen molar-refractivity contribution in [1.82, 2.24) is 10.6 Å². The van der Waals surface area contributed by atoms with Gasteiger partial charge in [0, 0.05) is 18.0 Å². The molecule has 1 aliphatic heterocycles. The largest absolute Gasteiger partial charge is 0.383 e. The summed E-state index contributed by atoms with van der Waals surface area (Å²) in [6.07, 6.45) is 5.13. The Labute approximate surface area is 207 Å². The number of amides is 3. The first kappa shape index (κ1) is 25.4. The molecule has 0 saturated heterocycles. The molecule has 3 aliphatic rings. The lowest BCUT2D eigenvalue weighted by atomic mass is 9.84. The molecular formula is C27H38N4O4. The number of fused-ring (bicyclic) bond motifs is 1. The van der Waals surface area contributed by atoms with Crippen molar-refractivity contribution in [3.05, 3.63) is 29.3 Å². The van der Waals surface area contributed by atoms with E-state index in [9.17, 15) is 19.5 Å². The number of benzodiazepines with no additional fused rings is 1. The Hall–Kier alpha value is -2.74. The number of hydrogen-bond acceptors (Lipinski definition) is 5. The summed E-state index contributed by atoms with van der Waals surface area (Å²) in [5.41, 5.74) is 2.74. The minimum Gasteiger partial charge on any atom is -0.383 e. The highest BCUT2D eigenvalue weighted by Crippen LogP contribution is 2.39. The number of aliphatic imine (C=N–C) groups is 1. The molecule has 0 bridgehead atoms. The van der Waals surface area contributed by atoms with Gasteiger partial charge in [0.15, 0.2) is 0 Å². The molecule has 1 heterocycles. The normalized spacial score (nSPS) is 22.7. The Morgan fingerprint density at radius 2 is 1.86 bits per heavy atom. The van der Waals surface area contributed by atoms with Crippen molar-refractivity contribution in [1.29, 1.82) is 0 Å². The Bertz CT molecular complexity index is 1010. The lowest BCUT2D eigenvalue weighted by Crippen LogP contribution is -2.53. The van der Waals surface area contributed by atoms with E-state index in [0.29, 0.717) is 12.8 Å². The average Bonchev–Trinajstić information content (AvgIpc) is 3.51. The van der Waals surface area contributed by atoms with Crippen molar-refractivity contribution in [2.45, 2.75) is 84.4 Å². The van der Waals surface area contributed by atoms with E-state index in [1.807, 2.05) is 25.1 Å². The number of carbonyl (C=O) groups excluding carboxylic acids is 3. The zero-order valence-corrected chi connectivity index (χ0v) is 21.0. The highest BCUT2D eigenvalue weighted by atomic mass is 16.3. The first-order valence-electron chi connectivity index (χ1n) is 13.0. The number of hydrogen-bond donors (Lipinski definition) is 4. The number of aryl methyl sites for hydroxylation is 1. The molecule has 1 aromatic carbocycles. The van der Waals surface area contributed by atoms with Gasteiger partial charge in [-0.15, -0.1) is 0 Å². The van der Waals surface area contributed by atoms with Crippen molar-refractivity contribution in [3.63, 3.8) is 0 Å². The number of nitrogens with zero attached hydrogens (tertiary/aromatic N) is 1. The Morgan fingerprint density at radius 3 is 2.51 bits per heavy atom. The van der Waals surface area contributed by atoms with E-state index in [-0.39, 0.29) is 30.2 Å². The van der Waals surface area contributed by atoms with Crippen molar-refractivity contribution >= 4 is 29.1 Å². The van der Waals surface area contributed by atoms with Gasteiger partial charge >= 0.3 is 0 Å². The lowest BCUT2D eigenvalue weighted by Gasteiger charge is -2.30. The molecule has 8 nitrogen and oxygen atoms in total. The number of para-hydroxylation sites is 1. The van der Waals surface area contributed by atoms with Gasteiger partial charge in [-0.25, -0.2) is 0 Å². The summed E-state index contributed by atoms with van der Waals surface area (Å²) in [6.45, 7) is 5.64. The van der Waals surface area contributed by atoms with Gasteiger partial charge in [0.05, 0.1) is 16.8 Å². The molecule has 2 saturated carbocycles. The van der Waals surface area contributed by atoms with E-state index in [1.165, 1.54) is 0 Å². The Kier molecular flexibility index (Phi) is 7.59. The maximum Gasteiger partial charge on any atom is 0.269 e. The smallest absolute Gasteiger partial charge is 0.269 e. The molecule has 2 aliphatic carbocycles. The van der Waals surface area contributed by atoms with Crippen LogP contribution in [0.1, 0.15) is 76.3 Å². The van der Waals surface area contributed by atoms with E-state index < -0.39 is 23.6 Å². The third kappa shape index (κ3) is 5.27. The van der Waals surface area contributed by atoms with Crippen LogP contribution >= 0.6 is 0 Å². The second-order valence-electron chi connectivity index (χ2n) is 10.8. The van der Waals surface area contributed by atoms with E-state index in [4.69, 9.17) is 4.99 Å². The van der Waals surface area contributed by atoms with Crippen molar-refractivity contribution in [2.75, 3.05) is 11.9 Å². The molecular weight excluding hydrogens is 444 g/mol. The number of nitrogens with one attached hydrogen (secondary N) is 3. The minimum absolute atomic E-state index is 0.133. The average molecular weight is 483 g/mol. The summed E-state index contributed by atoms with van der Waals surface area (Å²) >= 11 is 0. The lowest BCUT2D eigenvalue weighted by molar-refractivity contribution is -0.136. The van der Waals surface area contributed by atoms with Crippen LogP contribution in [0.25, 0.3) is 0 Å². The van der Waals surface area contributed by atoms with Crippen LogP contribution in [0.3, 0.4) is 0 Å². The summed E-state index contributed by atoms with van der Waals surface area (Å²) in [6, 6.07) is 5.94. The van der Waals surface area contributed by atoms with Crippen LogP contribution in [0.2, 0.25) is 0 Å². The molecule has 3 amide bonds. The molecule has 1 unspecified atom stereocenters. The standard InChI is InChI=1S/C27H38N4O4/c1-16(2)22(32)24(33)28-15-27(13-6-7-14-27)26(35)31-23-25(34)30-20-17(3)9-8-12-19(20)21(29-23)18-10-4-5-11-18/h8-9,12,16,18,22-23,32H,4-7,10-11,13-15H2,1-3H3,(H,28,33)(H,30,34)(H,31,35)/t22-,23?/m0/s1. The summed E-state index contributed by atoms with van der Waals surface area (Å²) in [7, 11) is 0. The summed E-state index contributed by atoms with van der Waals surface area (Å²) in [4.78, 5) is 44.1. The van der Waals surface area contributed by atoms with Crippen molar-refractivity contribution < 1.29 is 19.5 Å². The third-order valence-electron chi connectivity index (χ3n) is 7.87. The predicted molar refractivity (Wildman–Crippen MR) is 135 cm³/mol. The maximum atomic E-state index is 13.6. The molecule has 1 aromatic rings. The number of benzene rings is 1. The zero-order valence-electron chi connectivity index (χ0n) is 21.0. The molecule has 2 fully saturated rings. The highest BCUT2D eigenvalue weighted by molar-refractivity contribution is 6.14. The van der Waals surface area contributed by atoms with Crippen LogP contribution in [-0.2, 0) is 14.4 Å². The second kappa shape index (κ2) is 10.5. The summed E-state index contributed by atoms with van der Waals surface area (Å²) in [5.74, 6) is -1.05. The predicted octanol–water partition coefficient (Wildman–Crippen LogP) is 3.06. The molecule has 4 N–H and O–H groups in total. The minimum atomic E-state index is -1.12. The topological polar surface area (TPSA) is 120 Å². The number of rotatable bonds is 7. The zero-order chi connectivity index (χ0) is 25.2. The highest BCUT2D eigenvalue weighted by Gasteiger charge is 2.43. The van der Waals surface area contributed by atoms with Crippen LogP contribution in [-0.4, -0.2) is 47.4 Å². The van der Waals surface area contributed by atoms with Crippen LogP contribution in [0.4, 0.5) is 5.69 Å². The van der Waals surface area contributed by atoms with Gasteiger partial charge in [-0.1, -0.05) is 57.7 Å². The van der Waals surface area contributed by atoms with Crippen LogP contribution < -0.4 is 16.0 Å². The van der Waals surface area contributed by atoms with E-state index in [2.05, 4.69) is 16.0 Å². The van der Waals surface area contributed by atoms with Crippen LogP contribution in [0, 0.1) is 24.2 Å². The summed E-state index contributed by atoms with van der Waals surface area (Å²) in [5, 5.41) is 18.8. The molecule has 0 spiro atoms. The van der Waals surface area contributed by atoms with Gasteiger partial charge in [-0.2, -0.15) is 0 Å². The van der Waals surface area contributed by atoms with Gasteiger partial charge in [0.1, 0.15) is 6.10 Å². The fourth-order valence-corrected chi connectivity index (χ4v) is 5.61. The van der Waals surface area contributed by atoms with Gasteiger partial charge in [-0.3, -0.25) is 19.4 Å². The maximum absolute atomic E-state index is 13.6. The Morgan fingerprint density at radius 1 is 1.17 bits per heavy atom. The molecule has 8 heteroatoms. The number of anilines is 1. The van der Waals surface area contributed by atoms with Gasteiger partial charge in [0.25, 0.3) is 5.91 Å². The van der Waals surface area contributed by atoms with Gasteiger partial charge in [-0.05, 0) is 44.1 Å². The monoisotopic (exact) mass is 482 g/mol. The summed E-state index contributed by atoms with van der Waals surface area (Å²) < 4.78 is 0. The molecule has 190 valence electrons. The molecule has 0 radical (unpaired) electrons. The Balaban J connectivity index is 1.57. The third-order valence-corrected chi connectivity index (χ3v) is 7.87. The number of aliphatic hydroxyl groups excluding tert-OH is 1. The SMILES string of the molecule is Cc1cccc2c1NC(=O)C(NC(=O)C1(CNC(=O)[C@@H](O)C(C)C)CCCC1)N=C2C1CCCC1. The molecule has 2 atom stereocenters. The van der Waals surface area contributed by atoms with Gasteiger partial charge in [0.2, 0.25) is 18.0 Å². The quantitative estimate of drug-likeness (QED) is 0.477. The van der Waals surface area contributed by atoms with Crippen molar-refractivity contribution in [2.24, 2.45) is 22.2 Å². The molecule has 4 rings (SSSR count). The fourth-order valence-electron chi connectivity index (χ4n) is 5.61. The first-order valence-corrected chi connectivity index (χ1v) is 13.0. The first-order chi connectivity index (χ1) is 16.7. The van der Waals surface area contributed by atoms with E-state index in [1.54, 1.807) is 13.8 Å². The number of aliphatic hydroxyl groups is 1. The van der Waals surface area contributed by atoms with E-state index >= 15 is 0 Å². The van der Waals surface area contributed by atoms with Crippen LogP contribution in [0.15, 0.2) is 23.2 Å².